The number of aromatic nitrogens is 2. The number of likely N-dealkylation sites (N-methyl/N-ethyl adjacent to an activating group) is 1. The third-order valence-corrected chi connectivity index (χ3v) is 3.77. The van der Waals surface area contributed by atoms with Gasteiger partial charge in [-0.15, -0.1) is 0 Å². The van der Waals surface area contributed by atoms with Crippen LogP contribution in [0.25, 0.3) is 0 Å². The van der Waals surface area contributed by atoms with Crippen LogP contribution >= 0.6 is 0 Å². The van der Waals surface area contributed by atoms with E-state index in [0.29, 0.717) is 6.04 Å². The summed E-state index contributed by atoms with van der Waals surface area (Å²) in [4.78, 5) is 2.37. The van der Waals surface area contributed by atoms with Gasteiger partial charge in [0.2, 0.25) is 0 Å². The molecule has 4 heteroatoms. The SMILES string of the molecule is COc1ccccc1CC(C)N(C)CCc1cn[nH]c1. The van der Waals surface area contributed by atoms with Gasteiger partial charge in [0, 0.05) is 18.8 Å². The number of nitrogens with one attached hydrogen (secondary N) is 1. The van der Waals surface area contributed by atoms with Gasteiger partial charge in [-0.3, -0.25) is 5.10 Å². The molecule has 20 heavy (non-hydrogen) atoms. The number of aromatic amines is 1. The first-order valence-corrected chi connectivity index (χ1v) is 7.00. The predicted molar refractivity (Wildman–Crippen MR) is 81.1 cm³/mol. The molecule has 1 N–H and O–H groups in total. The van der Waals surface area contributed by atoms with E-state index in [9.17, 15) is 0 Å². The zero-order valence-electron chi connectivity index (χ0n) is 12.5. The molecular formula is C16H23N3O. The van der Waals surface area contributed by atoms with E-state index in [-0.39, 0.29) is 0 Å². The fourth-order valence-corrected chi connectivity index (χ4v) is 2.29. The van der Waals surface area contributed by atoms with Crippen LogP contribution in [0.1, 0.15) is 18.1 Å². The highest BCUT2D eigenvalue weighted by atomic mass is 16.5. The van der Waals surface area contributed by atoms with Crippen molar-refractivity contribution in [2.75, 3.05) is 20.7 Å². The van der Waals surface area contributed by atoms with Crippen LogP contribution in [0.15, 0.2) is 36.7 Å². The molecule has 0 amide bonds. The summed E-state index contributed by atoms with van der Waals surface area (Å²) < 4.78 is 5.41. The van der Waals surface area contributed by atoms with Gasteiger partial charge in [0.25, 0.3) is 0 Å². The first kappa shape index (κ1) is 14.6. The van der Waals surface area contributed by atoms with Crippen molar-refractivity contribution >= 4 is 0 Å². The average molecular weight is 273 g/mol. The summed E-state index contributed by atoms with van der Waals surface area (Å²) in [5.74, 6) is 0.975. The summed E-state index contributed by atoms with van der Waals surface area (Å²) in [6.45, 7) is 3.28. The lowest BCUT2D eigenvalue weighted by atomic mass is 10.0. The third-order valence-electron chi connectivity index (χ3n) is 3.77. The van der Waals surface area contributed by atoms with Crippen LogP contribution in [-0.4, -0.2) is 41.8 Å². The summed E-state index contributed by atoms with van der Waals surface area (Å²) in [5, 5.41) is 6.83. The summed E-state index contributed by atoms with van der Waals surface area (Å²) in [5.41, 5.74) is 2.51. The molecule has 0 fully saturated rings. The second-order valence-electron chi connectivity index (χ2n) is 5.20. The molecule has 1 heterocycles. The second kappa shape index (κ2) is 7.10. The van der Waals surface area contributed by atoms with Crippen molar-refractivity contribution in [3.8, 4) is 5.75 Å². The quantitative estimate of drug-likeness (QED) is 0.843. The van der Waals surface area contributed by atoms with Crippen molar-refractivity contribution in [1.82, 2.24) is 15.1 Å². The van der Waals surface area contributed by atoms with E-state index in [2.05, 4.69) is 41.2 Å². The summed E-state index contributed by atoms with van der Waals surface area (Å²) in [6.07, 6.45) is 5.85. The van der Waals surface area contributed by atoms with Crippen LogP contribution in [0.3, 0.4) is 0 Å². The van der Waals surface area contributed by atoms with Crippen molar-refractivity contribution in [1.29, 1.82) is 0 Å². The molecule has 0 radical (unpaired) electrons. The van der Waals surface area contributed by atoms with Crippen LogP contribution in [0, 0.1) is 0 Å². The Hall–Kier alpha value is -1.81. The molecule has 0 bridgehead atoms. The monoisotopic (exact) mass is 273 g/mol. The molecule has 0 saturated carbocycles. The maximum atomic E-state index is 5.41. The number of benzene rings is 1. The van der Waals surface area contributed by atoms with Gasteiger partial charge in [0.05, 0.1) is 13.3 Å². The number of para-hydroxylation sites is 1. The Morgan fingerprint density at radius 2 is 2.15 bits per heavy atom. The average Bonchev–Trinajstić information content (AvgIpc) is 2.98. The highest BCUT2D eigenvalue weighted by molar-refractivity contribution is 5.33. The number of hydrogen-bond acceptors (Lipinski definition) is 3. The molecule has 2 aromatic rings. The lowest BCUT2D eigenvalue weighted by Crippen LogP contribution is -2.32. The Balaban J connectivity index is 1.88. The number of nitrogens with zero attached hydrogens (tertiary/aromatic N) is 2. The van der Waals surface area contributed by atoms with Crippen LogP contribution in [0.5, 0.6) is 5.75 Å². The molecule has 108 valence electrons. The Morgan fingerprint density at radius 1 is 1.35 bits per heavy atom. The van der Waals surface area contributed by atoms with Gasteiger partial charge in [-0.25, -0.2) is 0 Å². The van der Waals surface area contributed by atoms with Crippen LogP contribution in [0.4, 0.5) is 0 Å². The van der Waals surface area contributed by atoms with E-state index in [0.717, 1.165) is 25.1 Å². The van der Waals surface area contributed by atoms with Crippen LogP contribution in [-0.2, 0) is 12.8 Å². The fourth-order valence-electron chi connectivity index (χ4n) is 2.29. The molecular weight excluding hydrogens is 250 g/mol. The number of H-pyrrole nitrogens is 1. The first-order chi connectivity index (χ1) is 9.70. The maximum absolute atomic E-state index is 5.41. The van der Waals surface area contributed by atoms with Crippen LogP contribution in [0.2, 0.25) is 0 Å². The highest BCUT2D eigenvalue weighted by Crippen LogP contribution is 2.20. The Labute approximate surface area is 120 Å². The molecule has 0 saturated heterocycles. The first-order valence-electron chi connectivity index (χ1n) is 7.00. The summed E-state index contributed by atoms with van der Waals surface area (Å²) in [7, 11) is 3.90. The van der Waals surface area contributed by atoms with Gasteiger partial charge in [0.15, 0.2) is 0 Å². The number of hydrogen-bond donors (Lipinski definition) is 1. The zero-order valence-corrected chi connectivity index (χ0v) is 12.5. The molecule has 1 aromatic carbocycles. The van der Waals surface area contributed by atoms with Crippen LogP contribution < -0.4 is 4.74 Å². The van der Waals surface area contributed by atoms with E-state index in [4.69, 9.17) is 4.74 Å². The van der Waals surface area contributed by atoms with Gasteiger partial charge in [-0.05, 0) is 44.0 Å². The number of ether oxygens (including phenoxy) is 1. The standard InChI is InChI=1S/C16H23N3O/c1-13(10-15-6-4-5-7-16(15)20-3)19(2)9-8-14-11-17-18-12-14/h4-7,11-13H,8-10H2,1-3H3,(H,17,18). The molecule has 0 aliphatic rings. The van der Waals surface area contributed by atoms with Crippen molar-refractivity contribution in [2.45, 2.75) is 25.8 Å². The van der Waals surface area contributed by atoms with E-state index < -0.39 is 0 Å². The minimum absolute atomic E-state index is 0.471. The lowest BCUT2D eigenvalue weighted by molar-refractivity contribution is 0.257. The second-order valence-corrected chi connectivity index (χ2v) is 5.20. The van der Waals surface area contributed by atoms with E-state index in [1.807, 2.05) is 24.5 Å². The molecule has 1 unspecified atom stereocenters. The predicted octanol–water partition coefficient (Wildman–Crippen LogP) is 2.52. The van der Waals surface area contributed by atoms with Crippen molar-refractivity contribution in [2.24, 2.45) is 0 Å². The Bertz CT molecular complexity index is 510. The Kier molecular flexibility index (Phi) is 5.18. The third kappa shape index (κ3) is 3.84. The molecule has 1 aromatic heterocycles. The van der Waals surface area contributed by atoms with Gasteiger partial charge < -0.3 is 9.64 Å². The van der Waals surface area contributed by atoms with E-state index in [1.54, 1.807) is 7.11 Å². The molecule has 0 aliphatic heterocycles. The lowest BCUT2D eigenvalue weighted by Gasteiger charge is -2.25. The van der Waals surface area contributed by atoms with E-state index >= 15 is 0 Å². The van der Waals surface area contributed by atoms with E-state index in [1.165, 1.54) is 11.1 Å². The number of methoxy groups -OCH3 is 1. The Morgan fingerprint density at radius 3 is 2.85 bits per heavy atom. The van der Waals surface area contributed by atoms with Gasteiger partial charge in [-0.2, -0.15) is 5.10 Å². The fraction of sp³-hybridized carbons (Fsp3) is 0.438. The molecule has 4 nitrogen and oxygen atoms in total. The largest absolute Gasteiger partial charge is 0.496 e. The van der Waals surface area contributed by atoms with Gasteiger partial charge in [-0.1, -0.05) is 18.2 Å². The van der Waals surface area contributed by atoms with Gasteiger partial charge >= 0.3 is 0 Å². The van der Waals surface area contributed by atoms with Gasteiger partial charge in [0.1, 0.15) is 5.75 Å². The summed E-state index contributed by atoms with van der Waals surface area (Å²) in [6, 6.07) is 8.71. The highest BCUT2D eigenvalue weighted by Gasteiger charge is 2.12. The normalized spacial score (nSPS) is 12.6. The number of rotatable bonds is 7. The zero-order chi connectivity index (χ0) is 14.4. The minimum Gasteiger partial charge on any atom is -0.496 e. The topological polar surface area (TPSA) is 41.1 Å². The van der Waals surface area contributed by atoms with Crippen molar-refractivity contribution < 1.29 is 4.74 Å². The smallest absolute Gasteiger partial charge is 0.122 e. The molecule has 2 rings (SSSR count). The minimum atomic E-state index is 0.471. The summed E-state index contributed by atoms with van der Waals surface area (Å²) >= 11 is 0. The maximum Gasteiger partial charge on any atom is 0.122 e. The molecule has 0 aliphatic carbocycles. The van der Waals surface area contributed by atoms with Crippen molar-refractivity contribution in [3.05, 3.63) is 47.8 Å². The molecule has 0 spiro atoms. The molecule has 1 atom stereocenters. The van der Waals surface area contributed by atoms with Crippen molar-refractivity contribution in [3.63, 3.8) is 0 Å².